The fraction of sp³-hybridized carbons (Fsp3) is 0.174. The van der Waals surface area contributed by atoms with E-state index in [1.165, 1.54) is 12.1 Å². The minimum Gasteiger partial charge on any atom is -0.435 e. The fourth-order valence-corrected chi connectivity index (χ4v) is 3.04. The van der Waals surface area contributed by atoms with Crippen molar-refractivity contribution in [2.75, 3.05) is 0 Å². The van der Waals surface area contributed by atoms with Gasteiger partial charge in [0.1, 0.15) is 5.75 Å². The van der Waals surface area contributed by atoms with Gasteiger partial charge in [-0.05, 0) is 41.3 Å². The van der Waals surface area contributed by atoms with Gasteiger partial charge >= 0.3 is 6.61 Å². The lowest BCUT2D eigenvalue weighted by molar-refractivity contribution is -0.120. The van der Waals surface area contributed by atoms with Gasteiger partial charge in [0.05, 0.1) is 12.5 Å². The molecule has 1 atom stereocenters. The molecule has 0 aliphatic rings. The lowest BCUT2D eigenvalue weighted by atomic mass is 9.98. The lowest BCUT2D eigenvalue weighted by Gasteiger charge is -2.20. The Balaban J connectivity index is 1.82. The van der Waals surface area contributed by atoms with E-state index in [0.717, 1.165) is 22.3 Å². The molecule has 0 saturated heterocycles. The van der Waals surface area contributed by atoms with Gasteiger partial charge in [0.15, 0.2) is 0 Å². The average Bonchev–Trinajstić information content (AvgIpc) is 2.69. The van der Waals surface area contributed by atoms with Crippen molar-refractivity contribution in [3.8, 4) is 5.75 Å². The molecule has 1 N–H and O–H groups in total. The van der Waals surface area contributed by atoms with E-state index in [-0.39, 0.29) is 18.1 Å². The van der Waals surface area contributed by atoms with Gasteiger partial charge in [-0.3, -0.25) is 4.79 Å². The number of rotatable bonds is 7. The van der Waals surface area contributed by atoms with E-state index >= 15 is 0 Å². The molecule has 1 amide bonds. The number of carbonyl (C=O) groups excluding carboxylic acids is 1. The highest BCUT2D eigenvalue weighted by Crippen LogP contribution is 2.25. The third-order valence-electron chi connectivity index (χ3n) is 4.49. The molecule has 5 heteroatoms. The summed E-state index contributed by atoms with van der Waals surface area (Å²) in [5.74, 6) is -0.0344. The van der Waals surface area contributed by atoms with Crippen LogP contribution in [0.1, 0.15) is 28.3 Å². The number of halogens is 2. The van der Waals surface area contributed by atoms with Crippen LogP contribution < -0.4 is 10.1 Å². The van der Waals surface area contributed by atoms with Crippen molar-refractivity contribution in [2.24, 2.45) is 0 Å². The number of hydrogen-bond acceptors (Lipinski definition) is 2. The smallest absolute Gasteiger partial charge is 0.387 e. The molecular weight excluding hydrogens is 360 g/mol. The van der Waals surface area contributed by atoms with Crippen LogP contribution in [0.4, 0.5) is 8.78 Å². The maximum Gasteiger partial charge on any atom is 0.387 e. The first-order valence-electron chi connectivity index (χ1n) is 8.96. The topological polar surface area (TPSA) is 38.3 Å². The summed E-state index contributed by atoms with van der Waals surface area (Å²) in [6.07, 6.45) is 0.266. The van der Waals surface area contributed by atoms with E-state index in [2.05, 4.69) is 10.1 Å². The minimum absolute atomic E-state index is 0.0804. The molecule has 0 saturated carbocycles. The van der Waals surface area contributed by atoms with Crippen molar-refractivity contribution in [1.29, 1.82) is 0 Å². The van der Waals surface area contributed by atoms with Gasteiger partial charge in [0.2, 0.25) is 5.91 Å². The van der Waals surface area contributed by atoms with Crippen LogP contribution in [-0.2, 0) is 11.2 Å². The summed E-state index contributed by atoms with van der Waals surface area (Å²) in [4.78, 5) is 12.7. The predicted molar refractivity (Wildman–Crippen MR) is 104 cm³/mol. The Morgan fingerprint density at radius 3 is 2.14 bits per heavy atom. The first-order valence-corrected chi connectivity index (χ1v) is 8.96. The average molecular weight is 381 g/mol. The molecule has 144 valence electrons. The van der Waals surface area contributed by atoms with E-state index in [1.807, 2.05) is 61.5 Å². The van der Waals surface area contributed by atoms with Gasteiger partial charge in [0, 0.05) is 0 Å². The first-order chi connectivity index (χ1) is 13.5. The quantitative estimate of drug-likeness (QED) is 0.622. The zero-order valence-corrected chi connectivity index (χ0v) is 15.4. The Labute approximate surface area is 163 Å². The molecule has 28 heavy (non-hydrogen) atoms. The van der Waals surface area contributed by atoms with E-state index in [9.17, 15) is 13.6 Å². The molecule has 0 unspecified atom stereocenters. The summed E-state index contributed by atoms with van der Waals surface area (Å²) >= 11 is 0. The van der Waals surface area contributed by atoms with E-state index in [4.69, 9.17) is 0 Å². The number of ether oxygens (including phenoxy) is 1. The van der Waals surface area contributed by atoms with Crippen LogP contribution in [0.15, 0.2) is 78.9 Å². The summed E-state index contributed by atoms with van der Waals surface area (Å²) < 4.78 is 29.2. The maximum atomic E-state index is 12.7. The number of carbonyl (C=O) groups is 1. The molecule has 0 aliphatic heterocycles. The van der Waals surface area contributed by atoms with Crippen molar-refractivity contribution in [3.05, 3.63) is 101 Å². The Bertz CT molecular complexity index is 911. The highest BCUT2D eigenvalue weighted by atomic mass is 19.3. The molecule has 3 aromatic rings. The van der Waals surface area contributed by atoms with Crippen molar-refractivity contribution in [2.45, 2.75) is 26.0 Å². The SMILES string of the molecule is Cc1ccccc1CC(=O)N[C@H](c1ccccc1)c1ccc(OC(F)F)cc1. The van der Waals surface area contributed by atoms with Crippen LogP contribution in [0.25, 0.3) is 0 Å². The second-order valence-electron chi connectivity index (χ2n) is 6.46. The summed E-state index contributed by atoms with van der Waals surface area (Å²) in [6.45, 7) is -0.899. The number of amides is 1. The van der Waals surface area contributed by atoms with Crippen molar-refractivity contribution in [1.82, 2.24) is 5.32 Å². The number of alkyl halides is 2. The zero-order chi connectivity index (χ0) is 19.9. The van der Waals surface area contributed by atoms with Crippen molar-refractivity contribution < 1.29 is 18.3 Å². The third kappa shape index (κ3) is 5.16. The molecule has 3 rings (SSSR count). The van der Waals surface area contributed by atoms with Gasteiger partial charge in [-0.2, -0.15) is 8.78 Å². The Kier molecular flexibility index (Phi) is 6.37. The number of aryl methyl sites for hydroxylation is 1. The summed E-state index contributed by atoms with van der Waals surface area (Å²) in [6, 6.07) is 23.2. The van der Waals surface area contributed by atoms with Crippen LogP contribution >= 0.6 is 0 Å². The molecule has 0 fully saturated rings. The standard InChI is InChI=1S/C23H21F2NO2/c1-16-7-5-6-10-19(16)15-21(27)26-22(17-8-3-2-4-9-17)18-11-13-20(14-12-18)28-23(24)25/h2-14,22-23H,15H2,1H3,(H,26,27)/t22-/m1/s1. The number of hydrogen-bond donors (Lipinski definition) is 1. The Morgan fingerprint density at radius 1 is 0.893 bits per heavy atom. The fourth-order valence-electron chi connectivity index (χ4n) is 3.04. The first kappa shape index (κ1) is 19.5. The third-order valence-corrected chi connectivity index (χ3v) is 4.49. The van der Waals surface area contributed by atoms with Crippen LogP contribution in [-0.4, -0.2) is 12.5 Å². The monoisotopic (exact) mass is 381 g/mol. The highest BCUT2D eigenvalue weighted by molar-refractivity contribution is 5.79. The molecule has 0 bridgehead atoms. The molecule has 0 spiro atoms. The molecule has 0 radical (unpaired) electrons. The molecular formula is C23H21F2NO2. The van der Waals surface area contributed by atoms with E-state index in [1.54, 1.807) is 12.1 Å². The van der Waals surface area contributed by atoms with Gasteiger partial charge in [0.25, 0.3) is 0 Å². The largest absolute Gasteiger partial charge is 0.435 e. The van der Waals surface area contributed by atoms with Gasteiger partial charge < -0.3 is 10.1 Å². The van der Waals surface area contributed by atoms with Crippen molar-refractivity contribution >= 4 is 5.91 Å². The second-order valence-corrected chi connectivity index (χ2v) is 6.46. The molecule has 0 aliphatic carbocycles. The van der Waals surface area contributed by atoms with Gasteiger partial charge in [-0.25, -0.2) is 0 Å². The molecule has 0 aromatic heterocycles. The van der Waals surface area contributed by atoms with Crippen LogP contribution in [0.5, 0.6) is 5.75 Å². The Morgan fingerprint density at radius 2 is 1.50 bits per heavy atom. The summed E-state index contributed by atoms with van der Waals surface area (Å²) in [5, 5.41) is 3.06. The van der Waals surface area contributed by atoms with Crippen LogP contribution in [0.3, 0.4) is 0 Å². The second kappa shape index (κ2) is 9.13. The molecule has 0 heterocycles. The number of nitrogens with one attached hydrogen (secondary N) is 1. The molecule has 3 nitrogen and oxygen atoms in total. The number of benzene rings is 3. The van der Waals surface area contributed by atoms with Crippen LogP contribution in [0, 0.1) is 6.92 Å². The highest BCUT2D eigenvalue weighted by Gasteiger charge is 2.18. The minimum atomic E-state index is -2.87. The van der Waals surface area contributed by atoms with E-state index < -0.39 is 12.7 Å². The zero-order valence-electron chi connectivity index (χ0n) is 15.4. The van der Waals surface area contributed by atoms with Gasteiger partial charge in [-0.1, -0.05) is 66.7 Å². The molecule has 3 aromatic carbocycles. The van der Waals surface area contributed by atoms with Crippen LogP contribution in [0.2, 0.25) is 0 Å². The summed E-state index contributed by atoms with van der Waals surface area (Å²) in [5.41, 5.74) is 3.71. The Hall–Kier alpha value is -3.21. The lowest BCUT2D eigenvalue weighted by Crippen LogP contribution is -2.30. The normalized spacial score (nSPS) is 11.9. The summed E-state index contributed by atoms with van der Waals surface area (Å²) in [7, 11) is 0. The van der Waals surface area contributed by atoms with Crippen molar-refractivity contribution in [3.63, 3.8) is 0 Å². The van der Waals surface area contributed by atoms with E-state index in [0.29, 0.717) is 0 Å². The maximum absolute atomic E-state index is 12.7. The predicted octanol–water partition coefficient (Wildman–Crippen LogP) is 5.04. The van der Waals surface area contributed by atoms with Gasteiger partial charge in [-0.15, -0.1) is 0 Å².